The van der Waals surface area contributed by atoms with Gasteiger partial charge in [-0.15, -0.1) is 0 Å². The summed E-state index contributed by atoms with van der Waals surface area (Å²) in [6.07, 6.45) is 6.45. The lowest BCUT2D eigenvalue weighted by atomic mass is 9.68. The minimum Gasteiger partial charge on any atom is -0.481 e. The van der Waals surface area contributed by atoms with Crippen LogP contribution in [-0.4, -0.2) is 54.2 Å². The standard InChI is InChI=1S/C18H28N2O5/c1-25-16(23)18-9-3-2-4-13(18)10-20(11-18)17(24)19-14-7-5-12(6-8-14)15(21)22/h12-14H,2-11H2,1H3,(H,19,24)(H,21,22)/t12?,13-,14?,18-/m1/s1. The molecule has 3 fully saturated rings. The predicted octanol–water partition coefficient (Wildman–Crippen LogP) is 2.00. The Morgan fingerprint density at radius 2 is 1.84 bits per heavy atom. The maximum absolute atomic E-state index is 12.7. The number of nitrogens with one attached hydrogen (secondary N) is 1. The third-order valence-electron chi connectivity index (χ3n) is 6.40. The first kappa shape index (κ1) is 18.0. The molecule has 0 unspecified atom stereocenters. The minimum absolute atomic E-state index is 0.0276. The second kappa shape index (κ2) is 7.22. The molecule has 0 radical (unpaired) electrons. The molecular formula is C18H28N2O5. The van der Waals surface area contributed by atoms with Crippen LogP contribution in [0.25, 0.3) is 0 Å². The summed E-state index contributed by atoms with van der Waals surface area (Å²) < 4.78 is 5.05. The average molecular weight is 352 g/mol. The molecule has 7 nitrogen and oxygen atoms in total. The van der Waals surface area contributed by atoms with E-state index < -0.39 is 11.4 Å². The van der Waals surface area contributed by atoms with E-state index in [0.717, 1.165) is 25.7 Å². The van der Waals surface area contributed by atoms with Crippen LogP contribution < -0.4 is 5.32 Å². The van der Waals surface area contributed by atoms with Gasteiger partial charge in [0, 0.05) is 19.1 Å². The number of methoxy groups -OCH3 is 1. The summed E-state index contributed by atoms with van der Waals surface area (Å²) in [6.45, 7) is 1.03. The number of urea groups is 1. The topological polar surface area (TPSA) is 95.9 Å². The number of likely N-dealkylation sites (tertiary alicyclic amines) is 1. The van der Waals surface area contributed by atoms with Crippen LogP contribution in [0.15, 0.2) is 0 Å². The molecule has 1 aliphatic heterocycles. The Morgan fingerprint density at radius 3 is 2.48 bits per heavy atom. The van der Waals surface area contributed by atoms with Crippen molar-refractivity contribution >= 4 is 18.0 Å². The lowest BCUT2D eigenvalue weighted by Gasteiger charge is -2.35. The van der Waals surface area contributed by atoms with Gasteiger partial charge in [-0.1, -0.05) is 12.8 Å². The Morgan fingerprint density at radius 1 is 1.12 bits per heavy atom. The van der Waals surface area contributed by atoms with Crippen LogP contribution in [0.3, 0.4) is 0 Å². The van der Waals surface area contributed by atoms with Crippen LogP contribution in [0.1, 0.15) is 51.4 Å². The summed E-state index contributed by atoms with van der Waals surface area (Å²) in [5.41, 5.74) is -0.536. The maximum atomic E-state index is 12.7. The molecule has 25 heavy (non-hydrogen) atoms. The number of hydrogen-bond donors (Lipinski definition) is 2. The number of nitrogens with zero attached hydrogens (tertiary/aromatic N) is 1. The highest BCUT2D eigenvalue weighted by Gasteiger charge is 2.54. The van der Waals surface area contributed by atoms with Crippen molar-refractivity contribution in [2.24, 2.45) is 17.3 Å². The van der Waals surface area contributed by atoms with Crippen LogP contribution in [0.5, 0.6) is 0 Å². The first-order chi connectivity index (χ1) is 12.0. The number of carbonyl (C=O) groups excluding carboxylic acids is 2. The Balaban J connectivity index is 1.58. The van der Waals surface area contributed by atoms with Crippen molar-refractivity contribution in [3.8, 4) is 0 Å². The van der Waals surface area contributed by atoms with Crippen molar-refractivity contribution in [3.63, 3.8) is 0 Å². The van der Waals surface area contributed by atoms with Crippen molar-refractivity contribution in [1.82, 2.24) is 10.2 Å². The molecule has 3 rings (SSSR count). The quantitative estimate of drug-likeness (QED) is 0.758. The fraction of sp³-hybridized carbons (Fsp3) is 0.833. The van der Waals surface area contributed by atoms with Crippen molar-refractivity contribution < 1.29 is 24.2 Å². The second-order valence-corrected chi connectivity index (χ2v) is 7.81. The summed E-state index contributed by atoms with van der Waals surface area (Å²) in [5, 5.41) is 12.1. The van der Waals surface area contributed by atoms with Gasteiger partial charge in [-0.3, -0.25) is 9.59 Å². The third-order valence-corrected chi connectivity index (χ3v) is 6.40. The van der Waals surface area contributed by atoms with Gasteiger partial charge < -0.3 is 20.1 Å². The number of carbonyl (C=O) groups is 3. The largest absolute Gasteiger partial charge is 0.481 e. The summed E-state index contributed by atoms with van der Waals surface area (Å²) in [6, 6.07) is -0.101. The highest BCUT2D eigenvalue weighted by atomic mass is 16.5. The Hall–Kier alpha value is -1.79. The van der Waals surface area contributed by atoms with E-state index in [2.05, 4.69) is 5.32 Å². The zero-order chi connectivity index (χ0) is 18.0. The van der Waals surface area contributed by atoms with Gasteiger partial charge in [-0.2, -0.15) is 0 Å². The van der Waals surface area contributed by atoms with E-state index in [4.69, 9.17) is 9.84 Å². The molecule has 7 heteroatoms. The first-order valence-corrected chi connectivity index (χ1v) is 9.33. The van der Waals surface area contributed by atoms with Crippen LogP contribution in [0.4, 0.5) is 4.79 Å². The second-order valence-electron chi connectivity index (χ2n) is 7.81. The van der Waals surface area contributed by atoms with Crippen LogP contribution in [0.2, 0.25) is 0 Å². The number of ether oxygens (including phenoxy) is 1. The van der Waals surface area contributed by atoms with Gasteiger partial charge >= 0.3 is 18.0 Å². The lowest BCUT2D eigenvalue weighted by molar-refractivity contribution is -0.156. The van der Waals surface area contributed by atoms with E-state index in [0.29, 0.717) is 38.8 Å². The molecule has 1 heterocycles. The number of carboxylic acids is 1. The number of fused-ring (bicyclic) bond motifs is 1. The third kappa shape index (κ3) is 3.46. The smallest absolute Gasteiger partial charge is 0.317 e. The van der Waals surface area contributed by atoms with Gasteiger partial charge in [-0.25, -0.2) is 4.79 Å². The lowest BCUT2D eigenvalue weighted by Crippen LogP contribution is -2.47. The average Bonchev–Trinajstić information content (AvgIpc) is 3.02. The van der Waals surface area contributed by atoms with Gasteiger partial charge in [0.25, 0.3) is 0 Å². The molecular weight excluding hydrogens is 324 g/mol. The number of hydrogen-bond acceptors (Lipinski definition) is 4. The van der Waals surface area contributed by atoms with E-state index in [1.54, 1.807) is 4.90 Å². The predicted molar refractivity (Wildman–Crippen MR) is 89.9 cm³/mol. The van der Waals surface area contributed by atoms with Crippen molar-refractivity contribution in [2.45, 2.75) is 57.4 Å². The highest BCUT2D eigenvalue weighted by molar-refractivity contribution is 5.81. The Kier molecular flexibility index (Phi) is 5.20. The SMILES string of the molecule is COC(=O)[C@@]12CCCC[C@@H]1CN(C(=O)NC1CCC(C(=O)O)CC1)C2. The summed E-state index contributed by atoms with van der Waals surface area (Å²) in [4.78, 5) is 37.8. The molecule has 1 saturated heterocycles. The van der Waals surface area contributed by atoms with Gasteiger partial charge in [0.05, 0.1) is 18.4 Å². The number of aliphatic carboxylic acids is 1. The number of amides is 2. The molecule has 0 aromatic rings. The molecule has 3 aliphatic rings. The zero-order valence-corrected chi connectivity index (χ0v) is 14.8. The maximum Gasteiger partial charge on any atom is 0.317 e. The molecule has 0 bridgehead atoms. The molecule has 140 valence electrons. The summed E-state index contributed by atoms with van der Waals surface area (Å²) >= 11 is 0. The van der Waals surface area contributed by atoms with E-state index in [9.17, 15) is 14.4 Å². The Bertz CT molecular complexity index is 544. The molecule has 0 aromatic heterocycles. The van der Waals surface area contributed by atoms with Gasteiger partial charge in [0.1, 0.15) is 0 Å². The summed E-state index contributed by atoms with van der Waals surface area (Å²) in [7, 11) is 1.42. The highest BCUT2D eigenvalue weighted by Crippen LogP contribution is 2.47. The Labute approximate surface area is 148 Å². The van der Waals surface area contributed by atoms with Crippen LogP contribution >= 0.6 is 0 Å². The van der Waals surface area contributed by atoms with Gasteiger partial charge in [0.2, 0.25) is 0 Å². The van der Waals surface area contributed by atoms with E-state index >= 15 is 0 Å². The van der Waals surface area contributed by atoms with Crippen molar-refractivity contribution in [3.05, 3.63) is 0 Å². The fourth-order valence-corrected chi connectivity index (χ4v) is 4.90. The van der Waals surface area contributed by atoms with Gasteiger partial charge in [0.15, 0.2) is 0 Å². The number of carboxylic acid groups (broad SMARTS) is 1. The molecule has 0 aromatic carbocycles. The van der Waals surface area contributed by atoms with Crippen LogP contribution in [-0.2, 0) is 14.3 Å². The number of esters is 1. The minimum atomic E-state index is -0.742. The van der Waals surface area contributed by atoms with Crippen molar-refractivity contribution in [2.75, 3.05) is 20.2 Å². The molecule has 2 atom stereocenters. The molecule has 2 amide bonds. The molecule has 2 N–H and O–H groups in total. The summed E-state index contributed by atoms with van der Waals surface area (Å²) in [5.74, 6) is -1.03. The monoisotopic (exact) mass is 352 g/mol. The van der Waals surface area contributed by atoms with E-state index in [-0.39, 0.29) is 29.9 Å². The molecule has 2 aliphatic carbocycles. The fourth-order valence-electron chi connectivity index (χ4n) is 4.90. The van der Waals surface area contributed by atoms with E-state index in [1.807, 2.05) is 0 Å². The number of rotatable bonds is 3. The van der Waals surface area contributed by atoms with E-state index in [1.165, 1.54) is 7.11 Å². The molecule has 0 spiro atoms. The van der Waals surface area contributed by atoms with Crippen molar-refractivity contribution in [1.29, 1.82) is 0 Å². The first-order valence-electron chi connectivity index (χ1n) is 9.33. The zero-order valence-electron chi connectivity index (χ0n) is 14.8. The van der Waals surface area contributed by atoms with Crippen LogP contribution in [0, 0.1) is 17.3 Å². The normalized spacial score (nSPS) is 34.9. The molecule has 2 saturated carbocycles. The van der Waals surface area contributed by atoms with Gasteiger partial charge in [-0.05, 0) is 44.4 Å².